The number of thiazole rings is 1. The molecule has 0 fully saturated rings. The first-order valence-corrected chi connectivity index (χ1v) is 18.2. The number of aromatic nitrogens is 1. The van der Waals surface area contributed by atoms with Crippen LogP contribution in [0, 0.1) is 0 Å². The van der Waals surface area contributed by atoms with Crippen molar-refractivity contribution in [2.75, 3.05) is 29.7 Å². The maximum absolute atomic E-state index is 11.7. The van der Waals surface area contributed by atoms with Gasteiger partial charge >= 0.3 is 0 Å². The summed E-state index contributed by atoms with van der Waals surface area (Å²) in [4.78, 5) is 1.74. The lowest BCUT2D eigenvalue weighted by Crippen LogP contribution is -2.36. The van der Waals surface area contributed by atoms with Crippen molar-refractivity contribution in [1.29, 1.82) is 0 Å². The Balaban J connectivity index is 1.40. The van der Waals surface area contributed by atoms with E-state index >= 15 is 0 Å². The zero-order chi connectivity index (χ0) is 31.8. The van der Waals surface area contributed by atoms with Crippen LogP contribution in [-0.2, 0) is 26.8 Å². The molecule has 0 bridgehead atoms. The highest BCUT2D eigenvalue weighted by atomic mass is 32.2. The fourth-order valence-corrected chi connectivity index (χ4v) is 7.45. The monoisotopic (exact) mass is 671 g/mol. The molecule has 0 radical (unpaired) electrons. The van der Waals surface area contributed by atoms with Crippen LogP contribution in [0.25, 0.3) is 27.4 Å². The molecule has 0 saturated carbocycles. The third-order valence-corrected chi connectivity index (χ3v) is 10.1. The van der Waals surface area contributed by atoms with Gasteiger partial charge in [-0.2, -0.15) is 21.4 Å². The summed E-state index contributed by atoms with van der Waals surface area (Å²) < 4.78 is 85.6. The summed E-state index contributed by atoms with van der Waals surface area (Å²) in [5, 5.41) is 0.810. The zero-order valence-electron chi connectivity index (χ0n) is 24.2. The second-order valence-corrected chi connectivity index (χ2v) is 14.7. The summed E-state index contributed by atoms with van der Waals surface area (Å²) >= 11 is 1.46. The second-order valence-electron chi connectivity index (χ2n) is 10.5. The fourth-order valence-electron chi connectivity index (χ4n) is 5.29. The lowest BCUT2D eigenvalue weighted by molar-refractivity contribution is -0.668. The van der Waals surface area contributed by atoms with Gasteiger partial charge in [0.25, 0.3) is 25.2 Å². The Hall–Kier alpha value is -3.95. The number of benzene rings is 3. The van der Waals surface area contributed by atoms with Crippen LogP contribution in [-0.4, -0.2) is 50.8 Å². The summed E-state index contributed by atoms with van der Waals surface area (Å²) in [6.45, 7) is 2.37. The Labute approximate surface area is 265 Å². The molecule has 6 rings (SSSR count). The van der Waals surface area contributed by atoms with Gasteiger partial charge in [0.1, 0.15) is 0 Å². The molecule has 0 saturated heterocycles. The quantitative estimate of drug-likeness (QED) is 0.160. The first-order chi connectivity index (χ1) is 21.5. The van der Waals surface area contributed by atoms with Crippen LogP contribution in [0.4, 0.5) is 5.69 Å². The van der Waals surface area contributed by atoms with Gasteiger partial charge in [0.2, 0.25) is 18.2 Å². The van der Waals surface area contributed by atoms with E-state index in [1.165, 1.54) is 11.3 Å². The number of anilines is 1. The third kappa shape index (κ3) is 6.99. The molecule has 4 aromatic rings. The topological polar surface area (TPSA) is 144 Å². The van der Waals surface area contributed by atoms with Crippen molar-refractivity contribution in [2.45, 2.75) is 26.3 Å². The highest BCUT2D eigenvalue weighted by Crippen LogP contribution is 2.43. The standard InChI is InChI=1S/C31H30N2O9S3/c1-2-21(18-29-33(13-6-15-44(34,35)36)24-10-12-27-30(31(24)43-29)41-20-40-27)17-28-32(14-16-45(37,38)39)25-19-23(9-11-26(25)42-28)22-7-4-3-5-8-22/h3-5,7-12,17-19H,2,6,13-16,20H2,1H3,(H-,34,35,36,37,38,39)/p+1. The van der Waals surface area contributed by atoms with Crippen LogP contribution < -0.4 is 23.7 Å². The molecule has 11 nitrogen and oxygen atoms in total. The SMILES string of the molecule is CCC(=Cc1sc2c3c(ccc2[n+]1CCCS(=O)(=O)O)OCO3)C=C1Oc2ccc(-c3ccccc3)cc2N1CCS(=O)(=O)O. The maximum Gasteiger partial charge on any atom is 0.266 e. The third-order valence-electron chi connectivity index (χ3n) is 7.46. The van der Waals surface area contributed by atoms with Crippen molar-refractivity contribution in [1.82, 2.24) is 0 Å². The average Bonchev–Trinajstić information content (AvgIpc) is 3.70. The second kappa shape index (κ2) is 12.4. The van der Waals surface area contributed by atoms with Crippen molar-refractivity contribution < 1.29 is 44.7 Å². The lowest BCUT2D eigenvalue weighted by Gasteiger charge is -2.18. The zero-order valence-corrected chi connectivity index (χ0v) is 26.7. The van der Waals surface area contributed by atoms with Crippen LogP contribution in [0.3, 0.4) is 0 Å². The van der Waals surface area contributed by atoms with Gasteiger partial charge < -0.3 is 19.1 Å². The fraction of sp³-hybridized carbons (Fsp3) is 0.258. The van der Waals surface area contributed by atoms with E-state index in [1.807, 2.05) is 84.3 Å². The highest BCUT2D eigenvalue weighted by Gasteiger charge is 2.30. The molecule has 0 aliphatic carbocycles. The van der Waals surface area contributed by atoms with Crippen molar-refractivity contribution >= 4 is 53.6 Å². The molecular weight excluding hydrogens is 641 g/mol. The van der Waals surface area contributed by atoms with Gasteiger partial charge in [0.15, 0.2) is 28.5 Å². The molecule has 14 heteroatoms. The van der Waals surface area contributed by atoms with Crippen molar-refractivity contribution in [2.24, 2.45) is 0 Å². The Morgan fingerprint density at radius 1 is 0.956 bits per heavy atom. The largest absolute Gasteiger partial charge is 0.454 e. The first kappa shape index (κ1) is 31.0. The van der Waals surface area contributed by atoms with Gasteiger partial charge in [0.05, 0.1) is 17.2 Å². The Morgan fingerprint density at radius 2 is 1.71 bits per heavy atom. The van der Waals surface area contributed by atoms with Gasteiger partial charge in [-0.1, -0.05) is 54.7 Å². The molecule has 0 spiro atoms. The molecule has 0 atom stereocenters. The minimum Gasteiger partial charge on any atom is -0.454 e. The maximum atomic E-state index is 11.7. The number of allylic oxidation sites excluding steroid dienone is 2. The number of nitrogens with zero attached hydrogens (tertiary/aromatic N) is 2. The minimum atomic E-state index is -4.25. The first-order valence-electron chi connectivity index (χ1n) is 14.2. The predicted molar refractivity (Wildman–Crippen MR) is 172 cm³/mol. The lowest BCUT2D eigenvalue weighted by atomic mass is 10.0. The minimum absolute atomic E-state index is 0.0328. The number of fused-ring (bicyclic) bond motifs is 4. The predicted octanol–water partition coefficient (Wildman–Crippen LogP) is 5.28. The van der Waals surface area contributed by atoms with Crippen LogP contribution in [0.1, 0.15) is 24.8 Å². The Kier molecular flexibility index (Phi) is 8.59. The summed E-state index contributed by atoms with van der Waals surface area (Å²) in [6.07, 6.45) is 4.58. The van der Waals surface area contributed by atoms with E-state index in [4.69, 9.17) is 14.2 Å². The molecule has 0 amide bonds. The van der Waals surface area contributed by atoms with Crippen LogP contribution in [0.2, 0.25) is 0 Å². The number of ether oxygens (including phenoxy) is 3. The average molecular weight is 672 g/mol. The highest BCUT2D eigenvalue weighted by molar-refractivity contribution is 7.86. The number of aryl methyl sites for hydroxylation is 1. The van der Waals surface area contributed by atoms with E-state index in [1.54, 1.807) is 4.90 Å². The molecule has 2 aliphatic rings. The normalized spacial score (nSPS) is 15.6. The number of rotatable bonds is 11. The van der Waals surface area contributed by atoms with Crippen molar-refractivity contribution in [3.8, 4) is 28.4 Å². The van der Waals surface area contributed by atoms with E-state index in [2.05, 4.69) is 0 Å². The van der Waals surface area contributed by atoms with Gasteiger partial charge in [0, 0.05) is 31.2 Å². The van der Waals surface area contributed by atoms with E-state index in [9.17, 15) is 25.9 Å². The van der Waals surface area contributed by atoms with Crippen LogP contribution in [0.15, 0.2) is 78.2 Å². The number of hydrogen-bond acceptors (Lipinski definition) is 9. The van der Waals surface area contributed by atoms with Crippen LogP contribution in [0.5, 0.6) is 17.2 Å². The van der Waals surface area contributed by atoms with E-state index in [-0.39, 0.29) is 25.5 Å². The van der Waals surface area contributed by atoms with E-state index in [0.29, 0.717) is 41.8 Å². The smallest absolute Gasteiger partial charge is 0.266 e. The summed E-state index contributed by atoms with van der Waals surface area (Å²) in [5.74, 6) is 1.34. The summed E-state index contributed by atoms with van der Waals surface area (Å²) in [5.41, 5.74) is 4.28. The van der Waals surface area contributed by atoms with Gasteiger partial charge in [-0.05, 0) is 41.3 Å². The molecule has 0 unspecified atom stereocenters. The molecule has 3 aromatic carbocycles. The molecule has 3 heterocycles. The summed E-state index contributed by atoms with van der Waals surface area (Å²) in [7, 11) is -8.38. The molecule has 1 aromatic heterocycles. The van der Waals surface area contributed by atoms with Gasteiger partial charge in [-0.3, -0.25) is 9.11 Å². The van der Waals surface area contributed by atoms with Crippen LogP contribution >= 0.6 is 11.3 Å². The molecular formula is C31H31N2O9S3+. The molecule has 236 valence electrons. The van der Waals surface area contributed by atoms with Gasteiger partial charge in [-0.15, -0.1) is 0 Å². The van der Waals surface area contributed by atoms with Crippen molar-refractivity contribution in [3.63, 3.8) is 0 Å². The number of hydrogen-bond donors (Lipinski definition) is 2. The molecule has 2 N–H and O–H groups in total. The van der Waals surface area contributed by atoms with Crippen molar-refractivity contribution in [3.05, 3.63) is 83.2 Å². The summed E-state index contributed by atoms with van der Waals surface area (Å²) in [6, 6.07) is 19.2. The Bertz CT molecular complexity index is 2040. The Morgan fingerprint density at radius 3 is 2.44 bits per heavy atom. The molecule has 2 aliphatic heterocycles. The van der Waals surface area contributed by atoms with E-state index < -0.39 is 26.0 Å². The van der Waals surface area contributed by atoms with Gasteiger partial charge in [-0.25, -0.2) is 0 Å². The van der Waals surface area contributed by atoms with E-state index in [0.717, 1.165) is 31.9 Å². The molecule has 45 heavy (non-hydrogen) atoms.